The normalized spacial score (nSPS) is 14.1. The van der Waals surface area contributed by atoms with Crippen LogP contribution in [-0.2, 0) is 0 Å². The maximum Gasteiger partial charge on any atom is 0.253 e. The van der Waals surface area contributed by atoms with Gasteiger partial charge in [0.05, 0.1) is 0 Å². The fourth-order valence-corrected chi connectivity index (χ4v) is 3.28. The van der Waals surface area contributed by atoms with E-state index in [0.29, 0.717) is 0 Å². The zero-order valence-electron chi connectivity index (χ0n) is 15.1. The van der Waals surface area contributed by atoms with Crippen molar-refractivity contribution in [3.63, 3.8) is 0 Å². The fourth-order valence-electron chi connectivity index (χ4n) is 3.28. The molecule has 1 aliphatic heterocycles. The Morgan fingerprint density at radius 1 is 0.667 bits per heavy atom. The van der Waals surface area contributed by atoms with Crippen molar-refractivity contribution in [1.29, 1.82) is 0 Å². The van der Waals surface area contributed by atoms with Crippen LogP contribution in [0, 0.1) is 0 Å². The molecule has 0 aliphatic carbocycles. The van der Waals surface area contributed by atoms with Gasteiger partial charge >= 0.3 is 0 Å². The molecule has 0 spiro atoms. The number of amides is 1. The molecule has 0 N–H and O–H groups in total. The molecule has 4 nitrogen and oxygen atoms in total. The molecule has 0 unspecified atom stereocenters. The number of ether oxygens (including phenoxy) is 1. The molecule has 27 heavy (non-hydrogen) atoms. The van der Waals surface area contributed by atoms with Crippen molar-refractivity contribution in [2.75, 3.05) is 31.1 Å². The Hall–Kier alpha value is -3.27. The van der Waals surface area contributed by atoms with E-state index < -0.39 is 0 Å². The predicted octanol–water partition coefficient (Wildman–Crippen LogP) is 4.44. The first-order valence-corrected chi connectivity index (χ1v) is 9.22. The lowest BCUT2D eigenvalue weighted by Crippen LogP contribution is -2.48. The summed E-state index contributed by atoms with van der Waals surface area (Å²) in [6.45, 7) is 3.13. The predicted molar refractivity (Wildman–Crippen MR) is 108 cm³/mol. The smallest absolute Gasteiger partial charge is 0.253 e. The first-order valence-electron chi connectivity index (χ1n) is 9.22. The lowest BCUT2D eigenvalue weighted by atomic mass is 10.1. The molecule has 4 heteroatoms. The highest BCUT2D eigenvalue weighted by atomic mass is 16.5. The van der Waals surface area contributed by atoms with Crippen molar-refractivity contribution >= 4 is 11.6 Å². The molecule has 136 valence electrons. The van der Waals surface area contributed by atoms with Crippen molar-refractivity contribution < 1.29 is 9.53 Å². The minimum absolute atomic E-state index is 0.113. The Kier molecular flexibility index (Phi) is 5.06. The third-order valence-corrected chi connectivity index (χ3v) is 4.77. The second kappa shape index (κ2) is 7.96. The van der Waals surface area contributed by atoms with Gasteiger partial charge in [-0.1, -0.05) is 36.4 Å². The van der Waals surface area contributed by atoms with Crippen LogP contribution in [0.4, 0.5) is 5.69 Å². The number of para-hydroxylation sites is 1. The summed E-state index contributed by atoms with van der Waals surface area (Å²) < 4.78 is 5.85. The number of hydrogen-bond donors (Lipinski definition) is 0. The second-order valence-corrected chi connectivity index (χ2v) is 6.55. The van der Waals surface area contributed by atoms with Crippen molar-refractivity contribution in [3.8, 4) is 11.5 Å². The Bertz CT molecular complexity index is 871. The van der Waals surface area contributed by atoms with Gasteiger partial charge in [-0.2, -0.15) is 0 Å². The molecular formula is C23H22N2O2. The van der Waals surface area contributed by atoms with E-state index in [9.17, 15) is 4.79 Å². The first-order chi connectivity index (χ1) is 13.3. The lowest BCUT2D eigenvalue weighted by molar-refractivity contribution is 0.0747. The summed E-state index contributed by atoms with van der Waals surface area (Å²) in [7, 11) is 0. The molecule has 1 heterocycles. The first kappa shape index (κ1) is 17.2. The Morgan fingerprint density at radius 3 is 1.85 bits per heavy atom. The van der Waals surface area contributed by atoms with Crippen LogP contribution < -0.4 is 9.64 Å². The van der Waals surface area contributed by atoms with Crippen molar-refractivity contribution in [2.45, 2.75) is 0 Å². The van der Waals surface area contributed by atoms with E-state index >= 15 is 0 Å². The van der Waals surface area contributed by atoms with Crippen LogP contribution in [0.3, 0.4) is 0 Å². The summed E-state index contributed by atoms with van der Waals surface area (Å²) in [4.78, 5) is 16.8. The van der Waals surface area contributed by atoms with Gasteiger partial charge in [0.1, 0.15) is 11.5 Å². The highest BCUT2D eigenvalue weighted by molar-refractivity contribution is 5.94. The largest absolute Gasteiger partial charge is 0.457 e. The zero-order valence-corrected chi connectivity index (χ0v) is 15.1. The number of rotatable bonds is 4. The van der Waals surface area contributed by atoms with Crippen LogP contribution in [0.5, 0.6) is 11.5 Å². The van der Waals surface area contributed by atoms with Crippen LogP contribution in [0.25, 0.3) is 0 Å². The number of anilines is 1. The second-order valence-electron chi connectivity index (χ2n) is 6.55. The standard InChI is InChI=1S/C23H22N2O2/c26-23(19-7-3-1-4-8-19)25-17-15-24(16-18-25)20-11-13-22(14-12-20)27-21-9-5-2-6-10-21/h1-14H,15-18H2. The number of piperazine rings is 1. The Balaban J connectivity index is 1.35. The fraction of sp³-hybridized carbons (Fsp3) is 0.174. The average Bonchev–Trinajstić information content (AvgIpc) is 2.75. The van der Waals surface area contributed by atoms with Crippen LogP contribution in [-0.4, -0.2) is 37.0 Å². The SMILES string of the molecule is O=C(c1ccccc1)N1CCN(c2ccc(Oc3ccccc3)cc2)CC1. The third kappa shape index (κ3) is 4.11. The lowest BCUT2D eigenvalue weighted by Gasteiger charge is -2.36. The van der Waals surface area contributed by atoms with Crippen molar-refractivity contribution in [1.82, 2.24) is 4.90 Å². The molecule has 1 fully saturated rings. The molecule has 1 aliphatic rings. The molecule has 0 saturated carbocycles. The van der Waals surface area contributed by atoms with Gasteiger partial charge in [-0.15, -0.1) is 0 Å². The zero-order chi connectivity index (χ0) is 18.5. The quantitative estimate of drug-likeness (QED) is 0.691. The number of carbonyl (C=O) groups excluding carboxylic acids is 1. The molecule has 3 aromatic carbocycles. The molecule has 0 radical (unpaired) electrons. The number of hydrogen-bond acceptors (Lipinski definition) is 3. The van der Waals surface area contributed by atoms with Crippen LogP contribution >= 0.6 is 0 Å². The maximum absolute atomic E-state index is 12.6. The van der Waals surface area contributed by atoms with Crippen molar-refractivity contribution in [3.05, 3.63) is 90.5 Å². The molecule has 0 bridgehead atoms. The molecule has 3 aromatic rings. The highest BCUT2D eigenvalue weighted by Gasteiger charge is 2.22. The number of carbonyl (C=O) groups is 1. The minimum atomic E-state index is 0.113. The Morgan fingerprint density at radius 2 is 1.22 bits per heavy atom. The van der Waals surface area contributed by atoms with Gasteiger partial charge in [-0.25, -0.2) is 0 Å². The third-order valence-electron chi connectivity index (χ3n) is 4.77. The molecule has 1 amide bonds. The minimum Gasteiger partial charge on any atom is -0.457 e. The van der Waals surface area contributed by atoms with Gasteiger partial charge in [0.25, 0.3) is 5.91 Å². The van der Waals surface area contributed by atoms with Gasteiger partial charge in [-0.3, -0.25) is 4.79 Å². The van der Waals surface area contributed by atoms with E-state index in [4.69, 9.17) is 4.74 Å². The average molecular weight is 358 g/mol. The summed E-state index contributed by atoms with van der Waals surface area (Å²) in [5.41, 5.74) is 1.91. The van der Waals surface area contributed by atoms with Gasteiger partial charge in [0.15, 0.2) is 0 Å². The monoisotopic (exact) mass is 358 g/mol. The number of nitrogens with zero attached hydrogens (tertiary/aromatic N) is 2. The van der Waals surface area contributed by atoms with E-state index in [2.05, 4.69) is 17.0 Å². The van der Waals surface area contributed by atoms with Gasteiger partial charge in [0, 0.05) is 37.4 Å². The molecule has 4 rings (SSSR count). The molecule has 1 saturated heterocycles. The topological polar surface area (TPSA) is 32.8 Å². The Labute approximate surface area is 159 Å². The van der Waals surface area contributed by atoms with Gasteiger partial charge in [-0.05, 0) is 48.5 Å². The van der Waals surface area contributed by atoms with E-state index in [1.807, 2.05) is 77.7 Å². The summed E-state index contributed by atoms with van der Waals surface area (Å²) >= 11 is 0. The molecule has 0 aromatic heterocycles. The molecule has 0 atom stereocenters. The number of benzene rings is 3. The maximum atomic E-state index is 12.6. The highest BCUT2D eigenvalue weighted by Crippen LogP contribution is 2.25. The van der Waals surface area contributed by atoms with Crippen LogP contribution in [0.2, 0.25) is 0 Å². The van der Waals surface area contributed by atoms with E-state index in [1.54, 1.807) is 0 Å². The van der Waals surface area contributed by atoms with E-state index in [-0.39, 0.29) is 5.91 Å². The van der Waals surface area contributed by atoms with E-state index in [0.717, 1.165) is 48.9 Å². The summed E-state index contributed by atoms with van der Waals surface area (Å²) in [6, 6.07) is 27.4. The van der Waals surface area contributed by atoms with Gasteiger partial charge < -0.3 is 14.5 Å². The van der Waals surface area contributed by atoms with Crippen LogP contribution in [0.1, 0.15) is 10.4 Å². The van der Waals surface area contributed by atoms with Crippen molar-refractivity contribution in [2.24, 2.45) is 0 Å². The van der Waals surface area contributed by atoms with Crippen LogP contribution in [0.15, 0.2) is 84.9 Å². The summed E-state index contributed by atoms with van der Waals surface area (Å²) in [5, 5.41) is 0. The van der Waals surface area contributed by atoms with E-state index in [1.165, 1.54) is 0 Å². The molecular weight excluding hydrogens is 336 g/mol. The summed E-state index contributed by atoms with van der Waals surface area (Å²) in [5.74, 6) is 1.77. The summed E-state index contributed by atoms with van der Waals surface area (Å²) in [6.07, 6.45) is 0. The van der Waals surface area contributed by atoms with Gasteiger partial charge in [0.2, 0.25) is 0 Å².